The van der Waals surface area contributed by atoms with Gasteiger partial charge in [0, 0.05) is 5.92 Å². The van der Waals surface area contributed by atoms with E-state index in [0.29, 0.717) is 18.8 Å². The van der Waals surface area contributed by atoms with Gasteiger partial charge in [-0.2, -0.15) is 8.78 Å². The van der Waals surface area contributed by atoms with Crippen molar-refractivity contribution in [2.24, 2.45) is 11.8 Å². The molecule has 3 heteroatoms. The third-order valence-electron chi connectivity index (χ3n) is 5.53. The number of benzene rings is 1. The quantitative estimate of drug-likeness (QED) is 0.645. The monoisotopic (exact) mass is 308 g/mol. The maximum absolute atomic E-state index is 13.7. The van der Waals surface area contributed by atoms with Crippen molar-refractivity contribution in [2.45, 2.75) is 70.5 Å². The predicted octanol–water partition coefficient (Wildman–Crippen LogP) is 6.06. The van der Waals surface area contributed by atoms with Crippen LogP contribution in [0.25, 0.3) is 0 Å². The molecule has 1 heterocycles. The van der Waals surface area contributed by atoms with E-state index in [1.807, 2.05) is 12.1 Å². The highest BCUT2D eigenvalue weighted by molar-refractivity contribution is 5.27. The second-order valence-electron chi connectivity index (χ2n) is 7.27. The van der Waals surface area contributed by atoms with Crippen LogP contribution in [0.15, 0.2) is 24.3 Å². The molecule has 0 aromatic heterocycles. The number of hydrogen-bond acceptors (Lipinski definition) is 1. The van der Waals surface area contributed by atoms with Crippen LogP contribution in [0, 0.1) is 11.8 Å². The van der Waals surface area contributed by atoms with E-state index >= 15 is 0 Å². The minimum absolute atomic E-state index is 0.466. The Morgan fingerprint density at radius 3 is 2.05 bits per heavy atom. The molecule has 1 aliphatic carbocycles. The van der Waals surface area contributed by atoms with Crippen LogP contribution >= 0.6 is 0 Å². The smallest absolute Gasteiger partial charge is 0.312 e. The summed E-state index contributed by atoms with van der Waals surface area (Å²) in [5.74, 6) is 0.793. The first kappa shape index (κ1) is 15.9. The van der Waals surface area contributed by atoms with Crippen LogP contribution < -0.4 is 0 Å². The number of alkyl halides is 2. The van der Waals surface area contributed by atoms with Gasteiger partial charge in [0.25, 0.3) is 0 Å². The second-order valence-corrected chi connectivity index (χ2v) is 7.27. The molecule has 122 valence electrons. The zero-order valence-corrected chi connectivity index (χ0v) is 13.5. The fraction of sp³-hybridized carbons (Fsp3) is 0.684. The van der Waals surface area contributed by atoms with Gasteiger partial charge in [-0.05, 0) is 48.6 Å². The maximum Gasteiger partial charge on any atom is 0.358 e. The average molecular weight is 308 g/mol. The number of hydrogen-bond donors (Lipinski definition) is 0. The van der Waals surface area contributed by atoms with Crippen LogP contribution in [0.3, 0.4) is 0 Å². The third kappa shape index (κ3) is 3.34. The molecular weight excluding hydrogens is 282 g/mol. The molecule has 3 rings (SSSR count). The Morgan fingerprint density at radius 2 is 1.45 bits per heavy atom. The molecule has 1 aromatic carbocycles. The van der Waals surface area contributed by atoms with Gasteiger partial charge in [-0.15, -0.1) is 0 Å². The van der Waals surface area contributed by atoms with Crippen molar-refractivity contribution >= 4 is 0 Å². The molecule has 0 amide bonds. The van der Waals surface area contributed by atoms with Crippen molar-refractivity contribution < 1.29 is 13.5 Å². The Kier molecular flexibility index (Phi) is 4.54. The Balaban J connectivity index is 1.67. The molecule has 1 saturated heterocycles. The molecule has 1 nitrogen and oxygen atoms in total. The highest BCUT2D eigenvalue weighted by Gasteiger charge is 2.44. The van der Waals surface area contributed by atoms with Crippen LogP contribution in [-0.2, 0) is 4.74 Å². The Morgan fingerprint density at radius 1 is 0.864 bits per heavy atom. The zero-order chi connectivity index (χ0) is 15.7. The lowest BCUT2D eigenvalue weighted by Crippen LogP contribution is -2.36. The van der Waals surface area contributed by atoms with E-state index < -0.39 is 18.1 Å². The molecule has 2 atom stereocenters. The zero-order valence-electron chi connectivity index (χ0n) is 13.5. The normalized spacial score (nSPS) is 35.3. The van der Waals surface area contributed by atoms with Gasteiger partial charge in [-0.1, -0.05) is 51.0 Å². The minimum atomic E-state index is -3.00. The Labute approximate surface area is 132 Å². The van der Waals surface area contributed by atoms with Crippen LogP contribution in [0.4, 0.5) is 8.78 Å². The molecule has 0 bridgehead atoms. The summed E-state index contributed by atoms with van der Waals surface area (Å²) < 4.78 is 32.5. The first-order valence-electron chi connectivity index (χ1n) is 8.61. The number of rotatable bonds is 2. The van der Waals surface area contributed by atoms with Crippen LogP contribution in [0.1, 0.15) is 75.5 Å². The summed E-state index contributed by atoms with van der Waals surface area (Å²) in [6, 6.07) is 8.22. The predicted molar refractivity (Wildman–Crippen MR) is 84.0 cm³/mol. The lowest BCUT2D eigenvalue weighted by atomic mass is 9.79. The van der Waals surface area contributed by atoms with Gasteiger partial charge in [-0.25, -0.2) is 0 Å². The lowest BCUT2D eigenvalue weighted by molar-refractivity contribution is -0.313. The summed E-state index contributed by atoms with van der Waals surface area (Å²) in [6.45, 7) is 3.88. The van der Waals surface area contributed by atoms with Gasteiger partial charge in [0.2, 0.25) is 0 Å². The third-order valence-corrected chi connectivity index (χ3v) is 5.53. The summed E-state index contributed by atoms with van der Waals surface area (Å²) in [4.78, 5) is 0. The molecule has 1 aliphatic heterocycles. The van der Waals surface area contributed by atoms with E-state index in [9.17, 15) is 8.78 Å². The Hall–Kier alpha value is -0.960. The van der Waals surface area contributed by atoms with Crippen molar-refractivity contribution in [1.29, 1.82) is 0 Å². The molecule has 1 aromatic rings. The van der Waals surface area contributed by atoms with Crippen molar-refractivity contribution in [2.75, 3.05) is 0 Å². The summed E-state index contributed by atoms with van der Waals surface area (Å²) in [7, 11) is 0. The minimum Gasteiger partial charge on any atom is -0.312 e. The van der Waals surface area contributed by atoms with E-state index in [1.54, 1.807) is 6.92 Å². The highest BCUT2D eigenvalue weighted by atomic mass is 19.3. The topological polar surface area (TPSA) is 9.23 Å². The lowest BCUT2D eigenvalue weighted by Gasteiger charge is -2.34. The first-order chi connectivity index (χ1) is 10.5. The van der Waals surface area contributed by atoms with Gasteiger partial charge in [-0.3, -0.25) is 0 Å². The summed E-state index contributed by atoms with van der Waals surface area (Å²) in [6.07, 6.45) is 2.81. The van der Waals surface area contributed by atoms with Crippen LogP contribution in [0.2, 0.25) is 0 Å². The molecule has 2 unspecified atom stereocenters. The summed E-state index contributed by atoms with van der Waals surface area (Å²) in [5.41, 5.74) is 2.24. The molecule has 1 saturated carbocycles. The Bertz CT molecular complexity index is 489. The van der Waals surface area contributed by atoms with Crippen LogP contribution in [-0.4, -0.2) is 6.11 Å². The number of ether oxygens (including phenoxy) is 1. The van der Waals surface area contributed by atoms with Gasteiger partial charge >= 0.3 is 6.11 Å². The molecule has 0 radical (unpaired) electrons. The van der Waals surface area contributed by atoms with Crippen molar-refractivity contribution in [1.82, 2.24) is 0 Å². The molecule has 22 heavy (non-hydrogen) atoms. The van der Waals surface area contributed by atoms with E-state index in [0.717, 1.165) is 11.5 Å². The van der Waals surface area contributed by atoms with E-state index in [-0.39, 0.29) is 0 Å². The largest absolute Gasteiger partial charge is 0.358 e. The molecule has 0 spiro atoms. The van der Waals surface area contributed by atoms with Crippen LogP contribution in [0.5, 0.6) is 0 Å². The highest BCUT2D eigenvalue weighted by Crippen LogP contribution is 2.43. The van der Waals surface area contributed by atoms with Gasteiger partial charge in [0.05, 0.1) is 6.10 Å². The average Bonchev–Trinajstić information content (AvgIpc) is 2.51. The van der Waals surface area contributed by atoms with E-state index in [2.05, 4.69) is 19.1 Å². The fourth-order valence-electron chi connectivity index (χ4n) is 3.75. The van der Waals surface area contributed by atoms with E-state index in [4.69, 9.17) is 4.74 Å². The standard InChI is InChI=1S/C19H26F2O/c1-13-3-6-15(7-4-13)16-8-10-17(11-9-16)18-12-5-14(2)19(20,21)22-18/h8-11,13-15,18H,3-7,12H2,1-2H3. The first-order valence-corrected chi connectivity index (χ1v) is 8.61. The summed E-state index contributed by atoms with van der Waals surface area (Å²) >= 11 is 0. The second kappa shape index (κ2) is 6.27. The molecule has 2 aliphatic rings. The SMILES string of the molecule is CC1CCC(c2ccc(C3CCC(C)C(F)(F)O3)cc2)CC1. The maximum atomic E-state index is 13.7. The fourth-order valence-corrected chi connectivity index (χ4v) is 3.75. The van der Waals surface area contributed by atoms with Crippen molar-refractivity contribution in [3.63, 3.8) is 0 Å². The molecule has 2 fully saturated rings. The summed E-state index contributed by atoms with van der Waals surface area (Å²) in [5, 5.41) is 0. The molecule has 0 N–H and O–H groups in total. The van der Waals surface area contributed by atoms with E-state index in [1.165, 1.54) is 31.2 Å². The molecular formula is C19H26F2O. The van der Waals surface area contributed by atoms with Gasteiger partial charge < -0.3 is 4.74 Å². The van der Waals surface area contributed by atoms with Gasteiger partial charge in [0.1, 0.15) is 0 Å². The van der Waals surface area contributed by atoms with Crippen molar-refractivity contribution in [3.8, 4) is 0 Å². The number of halogens is 2. The van der Waals surface area contributed by atoms with Gasteiger partial charge in [0.15, 0.2) is 0 Å². The van der Waals surface area contributed by atoms with Crippen molar-refractivity contribution in [3.05, 3.63) is 35.4 Å².